The van der Waals surface area contributed by atoms with Crippen molar-refractivity contribution in [1.82, 2.24) is 9.71 Å². The van der Waals surface area contributed by atoms with Gasteiger partial charge in [0.1, 0.15) is 5.52 Å². The lowest BCUT2D eigenvalue weighted by Gasteiger charge is -2.08. The first kappa shape index (κ1) is 18.6. The fourth-order valence-corrected chi connectivity index (χ4v) is 3.88. The number of oxazole rings is 1. The molecule has 1 fully saturated rings. The number of carbonyl (C=O) groups is 1. The number of sulfonamides is 1. The van der Waals surface area contributed by atoms with Crippen LogP contribution in [0.15, 0.2) is 51.8 Å². The van der Waals surface area contributed by atoms with E-state index in [0.29, 0.717) is 22.7 Å². The molecule has 1 saturated carbocycles. The predicted molar refractivity (Wildman–Crippen MR) is 106 cm³/mol. The van der Waals surface area contributed by atoms with Crippen molar-refractivity contribution in [3.05, 3.63) is 53.9 Å². The van der Waals surface area contributed by atoms with Crippen molar-refractivity contribution in [3.63, 3.8) is 0 Å². The van der Waals surface area contributed by atoms with Gasteiger partial charge in [-0.15, -0.1) is 0 Å². The van der Waals surface area contributed by atoms with E-state index >= 15 is 0 Å². The number of nitrogens with one attached hydrogen (secondary N) is 2. The van der Waals surface area contributed by atoms with Gasteiger partial charge in [-0.2, -0.15) is 0 Å². The number of carbonyl (C=O) groups excluding carboxylic acids is 1. The van der Waals surface area contributed by atoms with Crippen molar-refractivity contribution >= 4 is 32.7 Å². The third kappa shape index (κ3) is 4.23. The van der Waals surface area contributed by atoms with E-state index in [2.05, 4.69) is 15.0 Å². The molecule has 8 heteroatoms. The number of rotatable bonds is 7. The van der Waals surface area contributed by atoms with Gasteiger partial charge in [-0.25, -0.2) is 18.1 Å². The number of anilines is 1. The summed E-state index contributed by atoms with van der Waals surface area (Å²) >= 11 is 0. The molecule has 0 radical (unpaired) electrons. The fourth-order valence-electron chi connectivity index (χ4n) is 2.85. The fraction of sp³-hybridized carbons (Fsp3) is 0.300. The molecule has 0 aliphatic heterocycles. The van der Waals surface area contributed by atoms with Gasteiger partial charge in [-0.1, -0.05) is 17.7 Å². The molecule has 1 aromatic heterocycles. The van der Waals surface area contributed by atoms with Crippen LogP contribution in [-0.4, -0.2) is 25.9 Å². The van der Waals surface area contributed by atoms with Crippen LogP contribution in [-0.2, 0) is 14.8 Å². The van der Waals surface area contributed by atoms with Gasteiger partial charge in [0.2, 0.25) is 15.9 Å². The standard InChI is InChI=1S/C20H21N3O4S/c1-13-2-7-16(8-3-13)28(25,26)21-11-10-19(24)22-15-6-9-18-17(12-15)23-20(27-18)14-4-5-14/h2-3,6-9,12,14,21H,4-5,10-11H2,1H3,(H,22,24). The number of hydrogen-bond acceptors (Lipinski definition) is 5. The number of benzene rings is 2. The highest BCUT2D eigenvalue weighted by atomic mass is 32.2. The van der Waals surface area contributed by atoms with Crippen molar-refractivity contribution < 1.29 is 17.6 Å². The van der Waals surface area contributed by atoms with Gasteiger partial charge in [-0.3, -0.25) is 4.79 Å². The second kappa shape index (κ2) is 7.37. The van der Waals surface area contributed by atoms with Crippen LogP contribution in [0.5, 0.6) is 0 Å². The smallest absolute Gasteiger partial charge is 0.240 e. The maximum atomic E-state index is 12.2. The molecule has 0 unspecified atom stereocenters. The van der Waals surface area contributed by atoms with Crippen LogP contribution < -0.4 is 10.0 Å². The maximum absolute atomic E-state index is 12.2. The van der Waals surface area contributed by atoms with Crippen LogP contribution in [0, 0.1) is 6.92 Å². The molecule has 0 saturated heterocycles. The Labute approximate surface area is 163 Å². The average Bonchev–Trinajstić information content (AvgIpc) is 3.41. The van der Waals surface area contributed by atoms with Crippen LogP contribution >= 0.6 is 0 Å². The summed E-state index contributed by atoms with van der Waals surface area (Å²) in [4.78, 5) is 16.8. The van der Waals surface area contributed by atoms with Gasteiger partial charge in [0, 0.05) is 24.6 Å². The lowest BCUT2D eigenvalue weighted by molar-refractivity contribution is -0.116. The van der Waals surface area contributed by atoms with Gasteiger partial charge in [0.15, 0.2) is 11.5 Å². The summed E-state index contributed by atoms with van der Waals surface area (Å²) in [5.74, 6) is 0.896. The largest absolute Gasteiger partial charge is 0.440 e. The Hall–Kier alpha value is -2.71. The zero-order chi connectivity index (χ0) is 19.7. The molecule has 0 bridgehead atoms. The third-order valence-electron chi connectivity index (χ3n) is 4.59. The number of nitrogens with zero attached hydrogens (tertiary/aromatic N) is 1. The highest BCUT2D eigenvalue weighted by molar-refractivity contribution is 7.89. The van der Waals surface area contributed by atoms with E-state index in [1.165, 1.54) is 0 Å². The highest BCUT2D eigenvalue weighted by Crippen LogP contribution is 2.40. The minimum absolute atomic E-state index is 0.0140. The summed E-state index contributed by atoms with van der Waals surface area (Å²) in [5, 5.41) is 2.77. The minimum Gasteiger partial charge on any atom is -0.440 e. The Balaban J connectivity index is 1.32. The number of aryl methyl sites for hydroxylation is 1. The SMILES string of the molecule is Cc1ccc(S(=O)(=O)NCCC(=O)Nc2ccc3oc(C4CC4)nc3c2)cc1. The van der Waals surface area contributed by atoms with Crippen molar-refractivity contribution in [3.8, 4) is 0 Å². The quantitative estimate of drug-likeness (QED) is 0.635. The van der Waals surface area contributed by atoms with E-state index in [1.54, 1.807) is 42.5 Å². The topological polar surface area (TPSA) is 101 Å². The average molecular weight is 399 g/mol. The van der Waals surface area contributed by atoms with Crippen LogP contribution in [0.3, 0.4) is 0 Å². The Morgan fingerprint density at radius 2 is 1.93 bits per heavy atom. The molecule has 146 valence electrons. The molecule has 1 amide bonds. The molecular formula is C20H21N3O4S. The lowest BCUT2D eigenvalue weighted by atomic mass is 10.2. The zero-order valence-corrected chi connectivity index (χ0v) is 16.3. The van der Waals surface area contributed by atoms with E-state index in [0.717, 1.165) is 24.3 Å². The lowest BCUT2D eigenvalue weighted by Crippen LogP contribution is -2.27. The normalized spacial score (nSPS) is 14.3. The zero-order valence-electron chi connectivity index (χ0n) is 15.4. The molecule has 2 N–H and O–H groups in total. The number of hydrogen-bond donors (Lipinski definition) is 2. The first-order valence-electron chi connectivity index (χ1n) is 9.17. The first-order valence-corrected chi connectivity index (χ1v) is 10.7. The van der Waals surface area contributed by atoms with Crippen LogP contribution in [0.2, 0.25) is 0 Å². The van der Waals surface area contributed by atoms with E-state index < -0.39 is 10.0 Å². The molecule has 0 spiro atoms. The number of fused-ring (bicyclic) bond motifs is 1. The summed E-state index contributed by atoms with van der Waals surface area (Å²) in [5.41, 5.74) is 2.99. The summed E-state index contributed by atoms with van der Waals surface area (Å²) in [6.45, 7) is 1.90. The molecule has 1 aliphatic rings. The summed E-state index contributed by atoms with van der Waals surface area (Å²) < 4.78 is 32.6. The Kier molecular flexibility index (Phi) is 4.91. The summed E-state index contributed by atoms with van der Waals surface area (Å²) in [7, 11) is -3.63. The molecule has 4 rings (SSSR count). The molecule has 3 aromatic rings. The Bertz CT molecular complexity index is 1120. The van der Waals surface area contributed by atoms with Gasteiger partial charge in [-0.05, 0) is 50.1 Å². The minimum atomic E-state index is -3.63. The second-order valence-corrected chi connectivity index (χ2v) is 8.78. The highest BCUT2D eigenvalue weighted by Gasteiger charge is 2.28. The van der Waals surface area contributed by atoms with Crippen LogP contribution in [0.25, 0.3) is 11.1 Å². The predicted octanol–water partition coefficient (Wildman–Crippen LogP) is 3.32. The van der Waals surface area contributed by atoms with Gasteiger partial charge >= 0.3 is 0 Å². The Morgan fingerprint density at radius 3 is 2.64 bits per heavy atom. The first-order chi connectivity index (χ1) is 13.4. The van der Waals surface area contributed by atoms with Crippen LogP contribution in [0.4, 0.5) is 5.69 Å². The monoisotopic (exact) mass is 399 g/mol. The van der Waals surface area contributed by atoms with E-state index in [-0.39, 0.29) is 23.8 Å². The molecule has 2 aromatic carbocycles. The van der Waals surface area contributed by atoms with Crippen molar-refractivity contribution in [2.24, 2.45) is 0 Å². The van der Waals surface area contributed by atoms with Gasteiger partial charge in [0.05, 0.1) is 4.90 Å². The van der Waals surface area contributed by atoms with E-state index in [4.69, 9.17) is 4.42 Å². The molecule has 7 nitrogen and oxygen atoms in total. The number of aromatic nitrogens is 1. The van der Waals surface area contributed by atoms with Crippen molar-refractivity contribution in [2.75, 3.05) is 11.9 Å². The van der Waals surface area contributed by atoms with Gasteiger partial charge < -0.3 is 9.73 Å². The van der Waals surface area contributed by atoms with Crippen molar-refractivity contribution in [2.45, 2.75) is 37.0 Å². The summed E-state index contributed by atoms with van der Waals surface area (Å²) in [6, 6.07) is 11.8. The van der Waals surface area contributed by atoms with Crippen LogP contribution in [0.1, 0.15) is 36.6 Å². The molecule has 1 heterocycles. The van der Waals surface area contributed by atoms with Gasteiger partial charge in [0.25, 0.3) is 0 Å². The third-order valence-corrected chi connectivity index (χ3v) is 6.07. The molecule has 28 heavy (non-hydrogen) atoms. The second-order valence-electron chi connectivity index (χ2n) is 7.02. The van der Waals surface area contributed by atoms with E-state index in [9.17, 15) is 13.2 Å². The van der Waals surface area contributed by atoms with E-state index in [1.807, 2.05) is 6.92 Å². The molecular weight excluding hydrogens is 378 g/mol. The number of amides is 1. The molecule has 0 atom stereocenters. The Morgan fingerprint density at radius 1 is 1.18 bits per heavy atom. The maximum Gasteiger partial charge on any atom is 0.240 e. The summed E-state index contributed by atoms with van der Waals surface area (Å²) in [6.07, 6.45) is 2.24. The molecule has 1 aliphatic carbocycles. The van der Waals surface area contributed by atoms with Crippen molar-refractivity contribution in [1.29, 1.82) is 0 Å².